The second-order valence-corrected chi connectivity index (χ2v) is 18.6. The predicted octanol–water partition coefficient (Wildman–Crippen LogP) is 11.6. The van der Waals surface area contributed by atoms with Crippen LogP contribution in [-0.4, -0.2) is 11.4 Å². The molecular weight excluding hydrogens is 663 g/mol. The molecular formula is C52H43BN2. The first kappa shape index (κ1) is 31.5. The zero-order chi connectivity index (χ0) is 37.3. The van der Waals surface area contributed by atoms with Crippen LogP contribution in [0.4, 0.5) is 11.4 Å². The van der Waals surface area contributed by atoms with Crippen LogP contribution in [0.5, 0.6) is 0 Å². The summed E-state index contributed by atoms with van der Waals surface area (Å²) >= 11 is 0. The van der Waals surface area contributed by atoms with E-state index in [2.05, 4.69) is 191 Å². The van der Waals surface area contributed by atoms with Crippen LogP contribution >= 0.6 is 0 Å². The number of aromatic nitrogens is 1. The number of aryl methyl sites for hydroxylation is 1. The van der Waals surface area contributed by atoms with Crippen molar-refractivity contribution in [2.24, 2.45) is 0 Å². The summed E-state index contributed by atoms with van der Waals surface area (Å²) < 4.78 is 2.62. The van der Waals surface area contributed by atoms with Crippen LogP contribution in [0, 0.1) is 6.92 Å². The molecule has 0 atom stereocenters. The normalized spacial score (nSPS) is 15.3. The molecule has 3 heteroatoms. The number of hydrogen-bond donors (Lipinski definition) is 0. The summed E-state index contributed by atoms with van der Waals surface area (Å²) in [4.78, 5) is 2.76. The van der Waals surface area contributed by atoms with Gasteiger partial charge in [-0.25, -0.2) is 0 Å². The van der Waals surface area contributed by atoms with Crippen molar-refractivity contribution in [2.75, 3.05) is 4.81 Å². The molecule has 0 radical (unpaired) electrons. The van der Waals surface area contributed by atoms with Gasteiger partial charge in [-0.3, -0.25) is 0 Å². The van der Waals surface area contributed by atoms with Gasteiger partial charge in [0, 0.05) is 33.4 Å². The van der Waals surface area contributed by atoms with Crippen molar-refractivity contribution in [2.45, 2.75) is 64.7 Å². The summed E-state index contributed by atoms with van der Waals surface area (Å²) in [7, 11) is 0. The van der Waals surface area contributed by atoms with Crippen LogP contribution in [0.15, 0.2) is 133 Å². The number of para-hydroxylation sites is 2. The molecule has 7 aromatic carbocycles. The number of fused-ring (bicyclic) bond motifs is 16. The van der Waals surface area contributed by atoms with Gasteiger partial charge in [-0.1, -0.05) is 145 Å². The van der Waals surface area contributed by atoms with E-state index in [0.717, 1.165) is 0 Å². The topological polar surface area (TPSA) is 8.17 Å². The van der Waals surface area contributed by atoms with Crippen molar-refractivity contribution in [3.8, 4) is 27.9 Å². The van der Waals surface area contributed by atoms with Gasteiger partial charge in [0.25, 0.3) is 0 Å². The van der Waals surface area contributed by atoms with Gasteiger partial charge in [0.15, 0.2) is 0 Å². The zero-order valence-electron chi connectivity index (χ0n) is 32.7. The first-order valence-electron chi connectivity index (χ1n) is 20.0. The van der Waals surface area contributed by atoms with Crippen LogP contribution in [0.3, 0.4) is 0 Å². The van der Waals surface area contributed by atoms with Crippen molar-refractivity contribution in [3.63, 3.8) is 0 Å². The summed E-state index contributed by atoms with van der Waals surface area (Å²) in [5.41, 5.74) is 23.8. The lowest BCUT2D eigenvalue weighted by atomic mass is 9.42. The fourth-order valence-corrected chi connectivity index (χ4v) is 11.1. The number of nitrogens with zero attached hydrogens (tertiary/aromatic N) is 2. The molecule has 1 aliphatic carbocycles. The Hall–Kier alpha value is -5.80. The Morgan fingerprint density at radius 1 is 0.509 bits per heavy atom. The first-order chi connectivity index (χ1) is 26.5. The molecule has 12 rings (SSSR count). The molecule has 3 aliphatic heterocycles. The maximum atomic E-state index is 2.76. The second kappa shape index (κ2) is 10.1. The highest BCUT2D eigenvalue weighted by Crippen LogP contribution is 2.64. The van der Waals surface area contributed by atoms with E-state index >= 15 is 0 Å². The quantitative estimate of drug-likeness (QED) is 0.143. The minimum atomic E-state index is -0.439. The van der Waals surface area contributed by atoms with E-state index in [1.807, 2.05) is 0 Å². The molecule has 4 aliphatic rings. The molecule has 0 bridgehead atoms. The third-order valence-electron chi connectivity index (χ3n) is 13.5. The van der Waals surface area contributed by atoms with Crippen molar-refractivity contribution < 1.29 is 0 Å². The van der Waals surface area contributed by atoms with Gasteiger partial charge in [0.2, 0.25) is 0 Å². The third-order valence-corrected chi connectivity index (χ3v) is 13.5. The molecule has 8 aromatic rings. The minimum absolute atomic E-state index is 0.00617. The van der Waals surface area contributed by atoms with Crippen molar-refractivity contribution in [3.05, 3.63) is 172 Å². The molecule has 55 heavy (non-hydrogen) atoms. The van der Waals surface area contributed by atoms with Gasteiger partial charge in [0.05, 0.1) is 16.4 Å². The Kier molecular flexibility index (Phi) is 5.78. The highest BCUT2D eigenvalue weighted by molar-refractivity contribution is 6.93. The SMILES string of the molecule is Cc1cc2c3c(c1)-n1c4ccc(C(C)(C)C)cc4c4cc(C(C)(C)C)cc(c41)B3N1c3ccccc3C3(c4ccccc4-c4ccccc43)c3cccc-2c31. The van der Waals surface area contributed by atoms with E-state index in [4.69, 9.17) is 0 Å². The highest BCUT2D eigenvalue weighted by atomic mass is 15.1. The fraction of sp³-hybridized carbons (Fsp3) is 0.192. The summed E-state index contributed by atoms with van der Waals surface area (Å²) in [6, 6.07) is 52.1. The Labute approximate surface area is 324 Å². The molecule has 4 heterocycles. The maximum Gasteiger partial charge on any atom is 0.333 e. The Morgan fingerprint density at radius 3 is 1.84 bits per heavy atom. The molecule has 0 N–H and O–H groups in total. The average molecular weight is 707 g/mol. The summed E-state index contributed by atoms with van der Waals surface area (Å²) in [6.07, 6.45) is 0. The molecule has 0 saturated heterocycles. The molecule has 0 saturated carbocycles. The van der Waals surface area contributed by atoms with Gasteiger partial charge in [-0.05, 0) is 115 Å². The van der Waals surface area contributed by atoms with Crippen molar-refractivity contribution >= 4 is 51.0 Å². The first-order valence-corrected chi connectivity index (χ1v) is 20.0. The predicted molar refractivity (Wildman–Crippen MR) is 233 cm³/mol. The lowest BCUT2D eigenvalue weighted by Gasteiger charge is -2.51. The van der Waals surface area contributed by atoms with E-state index < -0.39 is 5.41 Å². The van der Waals surface area contributed by atoms with E-state index in [-0.39, 0.29) is 17.7 Å². The van der Waals surface area contributed by atoms with Gasteiger partial charge in [0.1, 0.15) is 0 Å². The summed E-state index contributed by atoms with van der Waals surface area (Å²) in [5.74, 6) is 0. The van der Waals surface area contributed by atoms with Crippen molar-refractivity contribution in [1.29, 1.82) is 0 Å². The molecule has 0 fully saturated rings. The van der Waals surface area contributed by atoms with Crippen LogP contribution < -0.4 is 15.7 Å². The van der Waals surface area contributed by atoms with Crippen LogP contribution in [0.2, 0.25) is 0 Å². The lowest BCUT2D eigenvalue weighted by Crippen LogP contribution is -2.62. The van der Waals surface area contributed by atoms with Crippen LogP contribution in [0.25, 0.3) is 49.7 Å². The number of hydrogen-bond acceptors (Lipinski definition) is 1. The van der Waals surface area contributed by atoms with Gasteiger partial charge >= 0.3 is 6.85 Å². The lowest BCUT2D eigenvalue weighted by molar-refractivity contribution is 0.590. The minimum Gasteiger partial charge on any atom is -0.376 e. The average Bonchev–Trinajstić information content (AvgIpc) is 3.66. The third kappa shape index (κ3) is 3.73. The largest absolute Gasteiger partial charge is 0.376 e. The standard InChI is InChI=1S/C52H43BN2/c1-30-25-37-35-17-14-21-42-48(35)55(45-22-13-12-20-41(45)52(42)39-18-10-8-15-33(39)34-16-9-11-19-40(34)52)53-43-29-32(51(5,6)7)28-38-36-27-31(50(2,3)4)23-24-44(36)54(49(38)43)46(26-30)47(37)53/h8-29H,1-7H3. The number of rotatable bonds is 0. The maximum absolute atomic E-state index is 2.76. The number of benzene rings is 7. The molecule has 0 amide bonds. The summed E-state index contributed by atoms with van der Waals surface area (Å²) in [6.45, 7) is 16.4. The molecule has 2 nitrogen and oxygen atoms in total. The van der Waals surface area contributed by atoms with E-state index in [1.165, 1.54) is 111 Å². The number of anilines is 2. The fourth-order valence-electron chi connectivity index (χ4n) is 11.1. The van der Waals surface area contributed by atoms with Crippen LogP contribution in [-0.2, 0) is 16.2 Å². The van der Waals surface area contributed by atoms with Gasteiger partial charge in [-0.15, -0.1) is 0 Å². The molecule has 1 spiro atoms. The Morgan fingerprint density at radius 2 is 1.13 bits per heavy atom. The van der Waals surface area contributed by atoms with Gasteiger partial charge in [-0.2, -0.15) is 0 Å². The van der Waals surface area contributed by atoms with E-state index in [0.29, 0.717) is 0 Å². The van der Waals surface area contributed by atoms with Gasteiger partial charge < -0.3 is 9.38 Å². The summed E-state index contributed by atoms with van der Waals surface area (Å²) in [5, 5.41) is 2.70. The van der Waals surface area contributed by atoms with Crippen molar-refractivity contribution in [1.82, 2.24) is 4.57 Å². The smallest absolute Gasteiger partial charge is 0.333 e. The Bertz CT molecular complexity index is 2990. The highest BCUT2D eigenvalue weighted by Gasteiger charge is 2.55. The second-order valence-electron chi connectivity index (χ2n) is 18.6. The zero-order valence-corrected chi connectivity index (χ0v) is 32.7. The molecule has 264 valence electrons. The molecule has 0 unspecified atom stereocenters. The van der Waals surface area contributed by atoms with E-state index in [1.54, 1.807) is 0 Å². The Balaban J connectivity index is 1.27. The van der Waals surface area contributed by atoms with E-state index in [9.17, 15) is 0 Å². The van der Waals surface area contributed by atoms with Crippen LogP contribution in [0.1, 0.15) is 80.5 Å². The monoisotopic (exact) mass is 706 g/mol. The molecule has 1 aromatic heterocycles.